The number of aliphatic carboxylic acids is 1. The Morgan fingerprint density at radius 1 is 1.78 bits per heavy atom. The number of carboxylic acid groups (broad SMARTS) is 1. The Morgan fingerprint density at radius 3 is 2.33 bits per heavy atom. The Morgan fingerprint density at radius 2 is 2.33 bits per heavy atom. The van der Waals surface area contributed by atoms with Crippen molar-refractivity contribution in [3.63, 3.8) is 0 Å². The van der Waals surface area contributed by atoms with E-state index in [4.69, 9.17) is 9.84 Å². The molecule has 9 heavy (non-hydrogen) atoms. The molecule has 0 amide bonds. The summed E-state index contributed by atoms with van der Waals surface area (Å²) in [5.41, 5.74) is -0.931. The molecule has 4 heteroatoms. The smallest absolute Gasteiger partial charge is 0.338 e. The van der Waals surface area contributed by atoms with Gasteiger partial charge in [-0.2, -0.15) is 0 Å². The maximum Gasteiger partial charge on any atom is 0.338 e. The van der Waals surface area contributed by atoms with Crippen LogP contribution in [0, 0.1) is 0 Å². The predicted molar refractivity (Wildman–Crippen MR) is 30.2 cm³/mol. The van der Waals surface area contributed by atoms with Crippen LogP contribution in [-0.2, 0) is 9.53 Å². The van der Waals surface area contributed by atoms with Crippen LogP contribution in [0.4, 0.5) is 0 Å². The lowest BCUT2D eigenvalue weighted by Crippen LogP contribution is -2.65. The third-order valence-electron chi connectivity index (χ3n) is 1.60. The molecule has 52 valence electrons. The van der Waals surface area contributed by atoms with Crippen molar-refractivity contribution in [1.29, 1.82) is 0 Å². The van der Waals surface area contributed by atoms with Crippen molar-refractivity contribution in [3.05, 3.63) is 0 Å². The molecule has 1 rings (SSSR count). The molecule has 0 aromatic heterocycles. The molecule has 0 unspecified atom stereocenters. The fourth-order valence-electron chi connectivity index (χ4n) is 0.735. The summed E-state index contributed by atoms with van der Waals surface area (Å²) in [5.74, 6) is -0.885. The highest BCUT2D eigenvalue weighted by Crippen LogP contribution is 2.14. The Labute approximate surface area is 52.8 Å². The lowest BCUT2D eigenvalue weighted by atomic mass is 9.97. The van der Waals surface area contributed by atoms with Crippen molar-refractivity contribution < 1.29 is 14.6 Å². The SMILES string of the molecule is COC1(C(=O)O)CNC1. The van der Waals surface area contributed by atoms with Gasteiger partial charge in [0.2, 0.25) is 0 Å². The number of rotatable bonds is 2. The standard InChI is InChI=1S/C5H9NO3/c1-9-5(4(7)8)2-6-3-5/h6H,2-3H2,1H3,(H,7,8). The molecule has 0 aromatic carbocycles. The molecular formula is C5H9NO3. The fourth-order valence-corrected chi connectivity index (χ4v) is 0.735. The lowest BCUT2D eigenvalue weighted by molar-refractivity contribution is -0.168. The summed E-state index contributed by atoms with van der Waals surface area (Å²) in [4.78, 5) is 10.4. The van der Waals surface area contributed by atoms with E-state index in [1.54, 1.807) is 0 Å². The minimum Gasteiger partial charge on any atom is -0.479 e. The van der Waals surface area contributed by atoms with Gasteiger partial charge in [-0.1, -0.05) is 0 Å². The van der Waals surface area contributed by atoms with Crippen LogP contribution < -0.4 is 5.32 Å². The summed E-state index contributed by atoms with van der Waals surface area (Å²) in [7, 11) is 1.41. The average Bonchev–Trinajstić information content (AvgIpc) is 1.62. The number of ether oxygens (including phenoxy) is 1. The van der Waals surface area contributed by atoms with Crippen molar-refractivity contribution in [3.8, 4) is 0 Å². The number of nitrogens with one attached hydrogen (secondary N) is 1. The molecule has 0 spiro atoms. The summed E-state index contributed by atoms with van der Waals surface area (Å²) in [5, 5.41) is 11.3. The molecule has 1 heterocycles. The molecule has 1 aliphatic heterocycles. The van der Waals surface area contributed by atoms with Crippen LogP contribution in [0.25, 0.3) is 0 Å². The van der Waals surface area contributed by atoms with E-state index in [0.717, 1.165) is 0 Å². The van der Waals surface area contributed by atoms with Crippen molar-refractivity contribution in [2.45, 2.75) is 5.60 Å². The first-order chi connectivity index (χ1) is 4.21. The molecule has 1 fully saturated rings. The second-order valence-corrected chi connectivity index (χ2v) is 2.11. The van der Waals surface area contributed by atoms with Gasteiger partial charge >= 0.3 is 5.97 Å². The average molecular weight is 131 g/mol. The van der Waals surface area contributed by atoms with E-state index in [0.29, 0.717) is 13.1 Å². The number of carbonyl (C=O) groups is 1. The van der Waals surface area contributed by atoms with E-state index >= 15 is 0 Å². The van der Waals surface area contributed by atoms with Crippen LogP contribution in [0.1, 0.15) is 0 Å². The molecule has 0 saturated carbocycles. The summed E-state index contributed by atoms with van der Waals surface area (Å²) in [6, 6.07) is 0. The van der Waals surface area contributed by atoms with Crippen LogP contribution in [0.15, 0.2) is 0 Å². The summed E-state index contributed by atoms with van der Waals surface area (Å²) >= 11 is 0. The summed E-state index contributed by atoms with van der Waals surface area (Å²) in [6.45, 7) is 0.831. The number of hydrogen-bond acceptors (Lipinski definition) is 3. The molecule has 0 atom stereocenters. The van der Waals surface area contributed by atoms with Crippen molar-refractivity contribution in [1.82, 2.24) is 5.32 Å². The molecule has 0 aliphatic carbocycles. The van der Waals surface area contributed by atoms with E-state index in [1.165, 1.54) is 7.11 Å². The Kier molecular flexibility index (Phi) is 1.42. The van der Waals surface area contributed by atoms with Gasteiger partial charge in [-0.05, 0) is 0 Å². The van der Waals surface area contributed by atoms with Gasteiger partial charge in [0.05, 0.1) is 0 Å². The highest BCUT2D eigenvalue weighted by atomic mass is 16.5. The van der Waals surface area contributed by atoms with Crippen LogP contribution in [0.3, 0.4) is 0 Å². The zero-order valence-corrected chi connectivity index (χ0v) is 5.18. The van der Waals surface area contributed by atoms with Gasteiger partial charge in [0.15, 0.2) is 5.60 Å². The number of methoxy groups -OCH3 is 1. The third-order valence-corrected chi connectivity index (χ3v) is 1.60. The zero-order valence-electron chi connectivity index (χ0n) is 5.18. The van der Waals surface area contributed by atoms with Crippen LogP contribution in [-0.4, -0.2) is 36.9 Å². The zero-order chi connectivity index (χ0) is 6.91. The molecule has 2 N–H and O–H groups in total. The van der Waals surface area contributed by atoms with Gasteiger partial charge in [-0.15, -0.1) is 0 Å². The summed E-state index contributed by atoms with van der Waals surface area (Å²) in [6.07, 6.45) is 0. The molecule has 1 aliphatic rings. The van der Waals surface area contributed by atoms with E-state index in [1.807, 2.05) is 0 Å². The van der Waals surface area contributed by atoms with Crippen molar-refractivity contribution in [2.24, 2.45) is 0 Å². The van der Waals surface area contributed by atoms with E-state index < -0.39 is 11.6 Å². The Hall–Kier alpha value is -0.610. The number of hydrogen-bond donors (Lipinski definition) is 2. The second kappa shape index (κ2) is 1.97. The second-order valence-electron chi connectivity index (χ2n) is 2.11. The highest BCUT2D eigenvalue weighted by Gasteiger charge is 2.44. The lowest BCUT2D eigenvalue weighted by Gasteiger charge is -2.36. The normalized spacial score (nSPS) is 22.8. The molecule has 0 bridgehead atoms. The first-order valence-corrected chi connectivity index (χ1v) is 2.70. The molecule has 4 nitrogen and oxygen atoms in total. The minimum atomic E-state index is -0.931. The Balaban J connectivity index is 2.57. The number of carboxylic acids is 1. The first-order valence-electron chi connectivity index (χ1n) is 2.70. The predicted octanol–water partition coefficient (Wildman–Crippen LogP) is -0.941. The summed E-state index contributed by atoms with van der Waals surface area (Å²) < 4.78 is 4.77. The van der Waals surface area contributed by atoms with Crippen LogP contribution >= 0.6 is 0 Å². The van der Waals surface area contributed by atoms with Crippen LogP contribution in [0.2, 0.25) is 0 Å². The van der Waals surface area contributed by atoms with Crippen LogP contribution in [0.5, 0.6) is 0 Å². The third kappa shape index (κ3) is 0.799. The molecule has 0 radical (unpaired) electrons. The highest BCUT2D eigenvalue weighted by molar-refractivity contribution is 5.79. The maximum atomic E-state index is 10.4. The van der Waals surface area contributed by atoms with Gasteiger partial charge in [0.25, 0.3) is 0 Å². The van der Waals surface area contributed by atoms with Gasteiger partial charge in [0.1, 0.15) is 0 Å². The van der Waals surface area contributed by atoms with Gasteiger partial charge in [-0.3, -0.25) is 0 Å². The molecule has 1 saturated heterocycles. The molecule has 0 aromatic rings. The largest absolute Gasteiger partial charge is 0.479 e. The van der Waals surface area contributed by atoms with Gasteiger partial charge in [-0.25, -0.2) is 4.79 Å². The van der Waals surface area contributed by atoms with Crippen molar-refractivity contribution >= 4 is 5.97 Å². The van der Waals surface area contributed by atoms with E-state index in [-0.39, 0.29) is 0 Å². The maximum absolute atomic E-state index is 10.4. The monoisotopic (exact) mass is 131 g/mol. The van der Waals surface area contributed by atoms with Gasteiger partial charge in [0, 0.05) is 20.2 Å². The molecular weight excluding hydrogens is 122 g/mol. The minimum absolute atomic E-state index is 0.416. The van der Waals surface area contributed by atoms with Crippen molar-refractivity contribution in [2.75, 3.05) is 20.2 Å². The van der Waals surface area contributed by atoms with E-state index in [2.05, 4.69) is 5.32 Å². The fraction of sp³-hybridized carbons (Fsp3) is 0.800. The first kappa shape index (κ1) is 6.51. The Bertz CT molecular complexity index is 125. The van der Waals surface area contributed by atoms with E-state index in [9.17, 15) is 4.79 Å². The quantitative estimate of drug-likeness (QED) is 0.507. The topological polar surface area (TPSA) is 58.6 Å². The van der Waals surface area contributed by atoms with Gasteiger partial charge < -0.3 is 15.2 Å².